The number of amides is 1. The molecular weight excluding hydrogens is 305 g/mol. The number of aromatic nitrogens is 2. The summed E-state index contributed by atoms with van der Waals surface area (Å²) in [5.74, 6) is -2.54. The number of halogens is 3. The zero-order chi connectivity index (χ0) is 16.5. The van der Waals surface area contributed by atoms with Gasteiger partial charge in [-0.15, -0.1) is 0 Å². The van der Waals surface area contributed by atoms with Gasteiger partial charge >= 0.3 is 12.1 Å². The molecule has 0 aromatic carbocycles. The van der Waals surface area contributed by atoms with Gasteiger partial charge < -0.3 is 15.3 Å². The van der Waals surface area contributed by atoms with E-state index in [1.54, 1.807) is 10.9 Å². The Morgan fingerprint density at radius 2 is 2.14 bits per heavy atom. The zero-order valence-corrected chi connectivity index (χ0v) is 11.7. The van der Waals surface area contributed by atoms with Crippen LogP contribution in [-0.4, -0.2) is 51.6 Å². The molecule has 1 amide bonds. The number of nitrogens with one attached hydrogen (secondary N) is 1. The van der Waals surface area contributed by atoms with Gasteiger partial charge in [-0.05, 0) is 13.0 Å². The molecule has 1 aromatic rings. The molecule has 3 rings (SSSR count). The van der Waals surface area contributed by atoms with E-state index < -0.39 is 12.1 Å². The van der Waals surface area contributed by atoms with E-state index in [4.69, 9.17) is 9.90 Å². The first kappa shape index (κ1) is 16.3. The van der Waals surface area contributed by atoms with Crippen LogP contribution < -0.4 is 10.2 Å². The summed E-state index contributed by atoms with van der Waals surface area (Å²) in [7, 11) is 1.87. The number of fused-ring (bicyclic) bond motifs is 1. The van der Waals surface area contributed by atoms with Gasteiger partial charge in [0.1, 0.15) is 0 Å². The van der Waals surface area contributed by atoms with Crippen molar-refractivity contribution in [1.82, 2.24) is 15.1 Å². The van der Waals surface area contributed by atoms with Crippen molar-refractivity contribution >= 4 is 17.6 Å². The number of carboxylic acid groups (broad SMARTS) is 1. The van der Waals surface area contributed by atoms with Crippen LogP contribution in [0.15, 0.2) is 12.4 Å². The lowest BCUT2D eigenvalue weighted by Crippen LogP contribution is -2.35. The van der Waals surface area contributed by atoms with Crippen molar-refractivity contribution in [1.29, 1.82) is 0 Å². The van der Waals surface area contributed by atoms with Crippen LogP contribution in [0.1, 0.15) is 12.8 Å². The number of hydrogen-bond acceptors (Lipinski definition) is 4. The third-order valence-electron chi connectivity index (χ3n) is 3.52. The number of alkyl halides is 3. The van der Waals surface area contributed by atoms with Gasteiger partial charge in [-0.3, -0.25) is 9.48 Å². The lowest BCUT2D eigenvalue weighted by molar-refractivity contribution is -0.192. The first-order valence-electron chi connectivity index (χ1n) is 6.54. The zero-order valence-electron chi connectivity index (χ0n) is 11.7. The second-order valence-corrected chi connectivity index (χ2v) is 5.06. The van der Waals surface area contributed by atoms with Crippen molar-refractivity contribution in [3.05, 3.63) is 12.4 Å². The largest absolute Gasteiger partial charge is 0.490 e. The molecule has 10 heteroatoms. The fourth-order valence-corrected chi connectivity index (χ4v) is 2.61. The van der Waals surface area contributed by atoms with Crippen molar-refractivity contribution in [3.63, 3.8) is 0 Å². The fraction of sp³-hybridized carbons (Fsp3) is 0.583. The van der Waals surface area contributed by atoms with E-state index in [1.165, 1.54) is 0 Å². The molecule has 2 aliphatic rings. The predicted molar refractivity (Wildman–Crippen MR) is 69.2 cm³/mol. The van der Waals surface area contributed by atoms with Crippen LogP contribution in [0.3, 0.4) is 0 Å². The van der Waals surface area contributed by atoms with E-state index in [-0.39, 0.29) is 5.91 Å². The minimum Gasteiger partial charge on any atom is -0.475 e. The molecule has 7 nitrogen and oxygen atoms in total. The quantitative estimate of drug-likeness (QED) is 0.788. The number of anilines is 1. The maximum atomic E-state index is 11.8. The van der Waals surface area contributed by atoms with E-state index in [0.29, 0.717) is 18.5 Å². The van der Waals surface area contributed by atoms with Gasteiger partial charge in [-0.2, -0.15) is 18.3 Å². The molecule has 2 saturated heterocycles. The summed E-state index contributed by atoms with van der Waals surface area (Å²) in [5.41, 5.74) is 0.929. The minimum atomic E-state index is -5.08. The van der Waals surface area contributed by atoms with Crippen molar-refractivity contribution < 1.29 is 27.9 Å². The molecule has 2 aliphatic heterocycles. The average Bonchev–Trinajstić information content (AvgIpc) is 3.05. The highest BCUT2D eigenvalue weighted by Gasteiger charge is 2.43. The summed E-state index contributed by atoms with van der Waals surface area (Å²) < 4.78 is 33.5. The van der Waals surface area contributed by atoms with Crippen LogP contribution in [0.5, 0.6) is 0 Å². The van der Waals surface area contributed by atoms with Crippen LogP contribution in [-0.2, 0) is 16.6 Å². The molecular formula is C12H15F3N4O3. The molecule has 0 bridgehead atoms. The maximum absolute atomic E-state index is 11.8. The van der Waals surface area contributed by atoms with E-state index in [1.807, 2.05) is 18.1 Å². The van der Waals surface area contributed by atoms with Gasteiger partial charge in [0.15, 0.2) is 0 Å². The predicted octanol–water partition coefficient (Wildman–Crippen LogP) is 0.521. The minimum absolute atomic E-state index is 0.213. The summed E-state index contributed by atoms with van der Waals surface area (Å²) in [6.07, 6.45) is 0.252. The summed E-state index contributed by atoms with van der Waals surface area (Å²) in [5, 5.41) is 14.6. The van der Waals surface area contributed by atoms with E-state index >= 15 is 0 Å². The topological polar surface area (TPSA) is 87.5 Å². The molecule has 1 aromatic heterocycles. The summed E-state index contributed by atoms with van der Waals surface area (Å²) >= 11 is 0. The number of nitrogens with zero attached hydrogens (tertiary/aromatic N) is 3. The number of carbonyl (C=O) groups excluding carboxylic acids is 1. The highest BCUT2D eigenvalue weighted by molar-refractivity contribution is 5.97. The molecule has 3 heterocycles. The SMILES string of the molecule is Cn1cc(N2C(=O)C[C@H]3NCC[C@@H]32)cn1.O=C(O)C(F)(F)F. The Morgan fingerprint density at radius 1 is 1.50 bits per heavy atom. The van der Waals surface area contributed by atoms with Crippen molar-refractivity contribution in [2.75, 3.05) is 11.4 Å². The molecule has 122 valence electrons. The second kappa shape index (κ2) is 5.95. The number of hydrogen-bond donors (Lipinski definition) is 2. The first-order valence-corrected chi connectivity index (χ1v) is 6.54. The first-order chi connectivity index (χ1) is 10.2. The average molecular weight is 320 g/mol. The Labute approximate surface area is 123 Å². The molecule has 0 spiro atoms. The summed E-state index contributed by atoms with van der Waals surface area (Å²) in [6.45, 7) is 1.01. The normalized spacial score (nSPS) is 24.0. The number of aryl methyl sites for hydroxylation is 1. The van der Waals surface area contributed by atoms with Gasteiger partial charge in [-0.1, -0.05) is 0 Å². The molecule has 0 aliphatic carbocycles. The maximum Gasteiger partial charge on any atom is 0.490 e. The van der Waals surface area contributed by atoms with Crippen LogP contribution in [0.2, 0.25) is 0 Å². The van der Waals surface area contributed by atoms with Crippen molar-refractivity contribution in [2.45, 2.75) is 31.1 Å². The molecule has 2 N–H and O–H groups in total. The Kier molecular flexibility index (Phi) is 4.40. The van der Waals surface area contributed by atoms with Crippen LogP contribution in [0.4, 0.5) is 18.9 Å². The van der Waals surface area contributed by atoms with Crippen LogP contribution >= 0.6 is 0 Å². The highest BCUT2D eigenvalue weighted by atomic mass is 19.4. The standard InChI is InChI=1S/C10H14N4O.C2HF3O2/c1-13-6-7(5-12-13)14-9-2-3-11-8(9)4-10(14)15;3-2(4,5)1(6)7/h5-6,8-9,11H,2-4H2,1H3;(H,6,7)/t8-,9+;/m1./s1. The third-order valence-corrected chi connectivity index (χ3v) is 3.52. The van der Waals surface area contributed by atoms with Crippen molar-refractivity contribution in [3.8, 4) is 0 Å². The van der Waals surface area contributed by atoms with Crippen LogP contribution in [0.25, 0.3) is 0 Å². The number of aliphatic carboxylic acids is 1. The monoisotopic (exact) mass is 320 g/mol. The van der Waals surface area contributed by atoms with Gasteiger partial charge in [0.25, 0.3) is 0 Å². The molecule has 2 atom stereocenters. The second-order valence-electron chi connectivity index (χ2n) is 5.06. The Bertz CT molecular complexity index is 572. The molecule has 22 heavy (non-hydrogen) atoms. The Balaban J connectivity index is 0.000000217. The fourth-order valence-electron chi connectivity index (χ4n) is 2.61. The third kappa shape index (κ3) is 3.38. The number of carbonyl (C=O) groups is 2. The molecule has 0 unspecified atom stereocenters. The van der Waals surface area contributed by atoms with Gasteiger partial charge in [0.2, 0.25) is 5.91 Å². The van der Waals surface area contributed by atoms with Gasteiger partial charge in [-0.25, -0.2) is 4.79 Å². The van der Waals surface area contributed by atoms with Gasteiger partial charge in [0.05, 0.1) is 17.9 Å². The Hall–Kier alpha value is -2.10. The van der Waals surface area contributed by atoms with E-state index in [9.17, 15) is 18.0 Å². The van der Waals surface area contributed by atoms with E-state index in [2.05, 4.69) is 10.4 Å². The van der Waals surface area contributed by atoms with E-state index in [0.717, 1.165) is 18.7 Å². The van der Waals surface area contributed by atoms with Crippen LogP contribution in [0, 0.1) is 0 Å². The summed E-state index contributed by atoms with van der Waals surface area (Å²) in [6, 6.07) is 0.680. The van der Waals surface area contributed by atoms with Crippen molar-refractivity contribution in [2.24, 2.45) is 7.05 Å². The van der Waals surface area contributed by atoms with Gasteiger partial charge in [0, 0.05) is 25.7 Å². The Morgan fingerprint density at radius 3 is 2.64 bits per heavy atom. The molecule has 2 fully saturated rings. The lowest BCUT2D eigenvalue weighted by atomic mass is 10.1. The lowest BCUT2D eigenvalue weighted by Gasteiger charge is -2.21. The smallest absolute Gasteiger partial charge is 0.475 e. The molecule has 0 radical (unpaired) electrons. The summed E-state index contributed by atoms with van der Waals surface area (Å²) in [4.78, 5) is 22.6. The number of rotatable bonds is 1. The number of carboxylic acids is 1. The molecule has 0 saturated carbocycles. The highest BCUT2D eigenvalue weighted by Crippen LogP contribution is 2.30.